The molecule has 0 heterocycles. The van der Waals surface area contributed by atoms with Crippen molar-refractivity contribution in [1.29, 1.82) is 0 Å². The fourth-order valence-corrected chi connectivity index (χ4v) is 2.14. The molecule has 0 amide bonds. The van der Waals surface area contributed by atoms with E-state index >= 15 is 0 Å². The lowest BCUT2D eigenvalue weighted by molar-refractivity contribution is 0.0817. The fraction of sp³-hybridized carbons (Fsp3) is 0.133. The highest BCUT2D eigenvalue weighted by Crippen LogP contribution is 2.25. The van der Waals surface area contributed by atoms with E-state index in [1.807, 2.05) is 24.3 Å². The Bertz CT molecular complexity index is 581. The van der Waals surface area contributed by atoms with Crippen LogP contribution in [-0.2, 0) is 0 Å². The molecule has 98 valence electrons. The van der Waals surface area contributed by atoms with Gasteiger partial charge in [0.2, 0.25) is 5.78 Å². The molecule has 0 spiro atoms. The van der Waals surface area contributed by atoms with Gasteiger partial charge in [-0.2, -0.15) is 0 Å². The number of hydrogen-bond donors (Lipinski definition) is 0. The van der Waals surface area contributed by atoms with Gasteiger partial charge in [0.1, 0.15) is 5.75 Å². The van der Waals surface area contributed by atoms with Crippen molar-refractivity contribution >= 4 is 33.3 Å². The third kappa shape index (κ3) is 3.58. The van der Waals surface area contributed by atoms with Crippen molar-refractivity contribution in [2.45, 2.75) is 13.0 Å². The second-order valence-corrected chi connectivity index (χ2v) is 5.35. The molecule has 19 heavy (non-hydrogen) atoms. The molecular weight excluding hydrogens is 328 g/mol. The molecule has 2 nitrogen and oxygen atoms in total. The number of hydrogen-bond acceptors (Lipinski definition) is 2. The number of ether oxygens (including phenoxy) is 1. The van der Waals surface area contributed by atoms with E-state index in [1.165, 1.54) is 0 Å². The van der Waals surface area contributed by atoms with Gasteiger partial charge in [-0.3, -0.25) is 4.79 Å². The maximum absolute atomic E-state index is 12.2. The van der Waals surface area contributed by atoms with Crippen LogP contribution in [0.3, 0.4) is 0 Å². The number of rotatable bonds is 4. The first-order chi connectivity index (χ1) is 9.08. The molecular formula is C15H12BrClO2. The molecule has 1 atom stereocenters. The lowest BCUT2D eigenvalue weighted by Crippen LogP contribution is -2.24. The molecule has 0 radical (unpaired) electrons. The van der Waals surface area contributed by atoms with Crippen LogP contribution in [0.1, 0.15) is 17.3 Å². The van der Waals surface area contributed by atoms with Crippen LogP contribution in [0.2, 0.25) is 5.02 Å². The minimum Gasteiger partial charge on any atom is -0.481 e. The van der Waals surface area contributed by atoms with Crippen LogP contribution in [0.5, 0.6) is 5.75 Å². The van der Waals surface area contributed by atoms with Gasteiger partial charge in [0.25, 0.3) is 0 Å². The van der Waals surface area contributed by atoms with E-state index in [0.29, 0.717) is 16.3 Å². The van der Waals surface area contributed by atoms with E-state index in [2.05, 4.69) is 15.9 Å². The van der Waals surface area contributed by atoms with Gasteiger partial charge in [-0.05, 0) is 59.3 Å². The Morgan fingerprint density at radius 3 is 2.42 bits per heavy atom. The summed E-state index contributed by atoms with van der Waals surface area (Å²) in [5.74, 6) is 0.574. The van der Waals surface area contributed by atoms with Gasteiger partial charge in [0.15, 0.2) is 6.10 Å². The number of carbonyl (C=O) groups is 1. The van der Waals surface area contributed by atoms with Crippen molar-refractivity contribution in [3.05, 3.63) is 63.6 Å². The van der Waals surface area contributed by atoms with Gasteiger partial charge in [-0.1, -0.05) is 23.7 Å². The fourth-order valence-electron chi connectivity index (χ4n) is 1.63. The van der Waals surface area contributed by atoms with Crippen molar-refractivity contribution in [3.8, 4) is 5.75 Å². The molecule has 2 aromatic carbocycles. The van der Waals surface area contributed by atoms with Crippen molar-refractivity contribution in [1.82, 2.24) is 0 Å². The zero-order chi connectivity index (χ0) is 13.8. The predicted molar refractivity (Wildman–Crippen MR) is 80.0 cm³/mol. The Balaban J connectivity index is 2.12. The van der Waals surface area contributed by atoms with Crippen molar-refractivity contribution < 1.29 is 9.53 Å². The summed E-state index contributed by atoms with van der Waals surface area (Å²) in [6.07, 6.45) is -0.556. The molecule has 2 rings (SSSR count). The number of benzene rings is 2. The van der Waals surface area contributed by atoms with Crippen LogP contribution >= 0.6 is 27.5 Å². The quantitative estimate of drug-likeness (QED) is 0.751. The van der Waals surface area contributed by atoms with Crippen LogP contribution in [-0.4, -0.2) is 11.9 Å². The Hall–Kier alpha value is -1.32. The zero-order valence-corrected chi connectivity index (χ0v) is 12.6. The highest BCUT2D eigenvalue weighted by molar-refractivity contribution is 9.10. The predicted octanol–water partition coefficient (Wildman–Crippen LogP) is 4.75. The van der Waals surface area contributed by atoms with Crippen molar-refractivity contribution in [2.75, 3.05) is 0 Å². The average molecular weight is 340 g/mol. The average Bonchev–Trinajstić information content (AvgIpc) is 2.41. The van der Waals surface area contributed by atoms with Gasteiger partial charge in [0, 0.05) is 10.6 Å². The molecule has 0 saturated carbocycles. The lowest BCUT2D eigenvalue weighted by atomic mass is 10.1. The summed E-state index contributed by atoms with van der Waals surface area (Å²) in [7, 11) is 0. The summed E-state index contributed by atoms with van der Waals surface area (Å²) in [6, 6.07) is 14.2. The Labute approximate surface area is 125 Å². The number of ketones is 1. The monoisotopic (exact) mass is 338 g/mol. The number of para-hydroxylation sites is 1. The normalized spacial score (nSPS) is 11.9. The molecule has 2 aromatic rings. The number of carbonyl (C=O) groups excluding carboxylic acids is 1. The summed E-state index contributed by atoms with van der Waals surface area (Å²) < 4.78 is 6.49. The SMILES string of the molecule is C[C@@H](Oc1ccccc1Br)C(=O)c1ccc(Cl)cc1. The zero-order valence-electron chi connectivity index (χ0n) is 10.3. The third-order valence-electron chi connectivity index (χ3n) is 2.64. The maximum atomic E-state index is 12.2. The molecule has 0 aromatic heterocycles. The Morgan fingerprint density at radius 1 is 1.16 bits per heavy atom. The highest BCUT2D eigenvalue weighted by atomic mass is 79.9. The summed E-state index contributed by atoms with van der Waals surface area (Å²) in [6.45, 7) is 1.73. The van der Waals surface area contributed by atoms with E-state index in [9.17, 15) is 4.79 Å². The largest absolute Gasteiger partial charge is 0.481 e. The van der Waals surface area contributed by atoms with Gasteiger partial charge in [-0.25, -0.2) is 0 Å². The lowest BCUT2D eigenvalue weighted by Gasteiger charge is -2.14. The Morgan fingerprint density at radius 2 is 1.79 bits per heavy atom. The van der Waals surface area contributed by atoms with Crippen molar-refractivity contribution in [2.24, 2.45) is 0 Å². The van der Waals surface area contributed by atoms with E-state index in [1.54, 1.807) is 31.2 Å². The van der Waals surface area contributed by atoms with E-state index < -0.39 is 6.10 Å². The van der Waals surface area contributed by atoms with Crippen molar-refractivity contribution in [3.63, 3.8) is 0 Å². The van der Waals surface area contributed by atoms with E-state index in [0.717, 1.165) is 4.47 Å². The van der Waals surface area contributed by atoms with Gasteiger partial charge < -0.3 is 4.74 Å². The maximum Gasteiger partial charge on any atom is 0.202 e. The standard InChI is InChI=1S/C15H12BrClO2/c1-10(19-14-5-3-2-4-13(14)16)15(18)11-6-8-12(17)9-7-11/h2-10H,1H3/t10-/m1/s1. The van der Waals surface area contributed by atoms with Gasteiger partial charge in [-0.15, -0.1) is 0 Å². The summed E-state index contributed by atoms with van der Waals surface area (Å²) in [4.78, 5) is 12.2. The number of halogens is 2. The first kappa shape index (κ1) is 14.1. The van der Waals surface area contributed by atoms with E-state index in [-0.39, 0.29) is 5.78 Å². The summed E-state index contributed by atoms with van der Waals surface area (Å²) >= 11 is 9.18. The molecule has 0 unspecified atom stereocenters. The van der Waals surface area contributed by atoms with Crippen LogP contribution in [0.15, 0.2) is 53.0 Å². The molecule has 4 heteroatoms. The molecule has 0 bridgehead atoms. The highest BCUT2D eigenvalue weighted by Gasteiger charge is 2.17. The smallest absolute Gasteiger partial charge is 0.202 e. The second-order valence-electron chi connectivity index (χ2n) is 4.06. The van der Waals surface area contributed by atoms with Gasteiger partial charge >= 0.3 is 0 Å². The van der Waals surface area contributed by atoms with Crippen LogP contribution in [0, 0.1) is 0 Å². The van der Waals surface area contributed by atoms with Gasteiger partial charge in [0.05, 0.1) is 4.47 Å². The van der Waals surface area contributed by atoms with Crippen LogP contribution < -0.4 is 4.74 Å². The van der Waals surface area contributed by atoms with E-state index in [4.69, 9.17) is 16.3 Å². The third-order valence-corrected chi connectivity index (χ3v) is 3.55. The number of Topliss-reactive ketones (excluding diaryl/α,β-unsaturated/α-hetero) is 1. The molecule has 0 fully saturated rings. The topological polar surface area (TPSA) is 26.3 Å². The molecule has 0 N–H and O–H groups in total. The summed E-state index contributed by atoms with van der Waals surface area (Å²) in [5, 5.41) is 0.607. The summed E-state index contributed by atoms with van der Waals surface area (Å²) in [5.41, 5.74) is 0.587. The molecule has 0 aliphatic rings. The Kier molecular flexibility index (Phi) is 4.61. The van der Waals surface area contributed by atoms with Crippen LogP contribution in [0.4, 0.5) is 0 Å². The second kappa shape index (κ2) is 6.22. The first-order valence-corrected chi connectivity index (χ1v) is 6.96. The molecule has 0 aliphatic heterocycles. The molecule has 0 aliphatic carbocycles. The van der Waals surface area contributed by atoms with Crippen LogP contribution in [0.25, 0.3) is 0 Å². The molecule has 0 saturated heterocycles. The minimum atomic E-state index is -0.556. The first-order valence-electron chi connectivity index (χ1n) is 5.79. The minimum absolute atomic E-state index is 0.0765.